The summed E-state index contributed by atoms with van der Waals surface area (Å²) in [6, 6.07) is 0. The van der Waals surface area contributed by atoms with Gasteiger partial charge in [-0.3, -0.25) is 0 Å². The van der Waals surface area contributed by atoms with E-state index in [1.54, 1.807) is 0 Å². The second-order valence-electron chi connectivity index (χ2n) is 11.9. The van der Waals surface area contributed by atoms with Crippen molar-refractivity contribution in [2.24, 2.45) is 0 Å². The van der Waals surface area contributed by atoms with Crippen molar-refractivity contribution in [3.63, 3.8) is 0 Å². The van der Waals surface area contributed by atoms with E-state index in [4.69, 9.17) is 0 Å². The molecule has 1 spiro atoms. The predicted molar refractivity (Wildman–Crippen MR) is 169 cm³/mol. The largest absolute Gasteiger partial charge is 0.958 e. The van der Waals surface area contributed by atoms with Crippen LogP contribution < -0.4 is 10.7 Å². The van der Waals surface area contributed by atoms with Gasteiger partial charge in [0.15, 0.2) is 11.4 Å². The van der Waals surface area contributed by atoms with E-state index in [9.17, 15) is 10.5 Å². The fraction of sp³-hybridized carbons (Fsp3) is 0.176. The first kappa shape index (κ1) is 26.0. The molecule has 8 rings (SSSR count). The number of nitrogens with zero attached hydrogens (tertiary/aromatic N) is 4. The van der Waals surface area contributed by atoms with E-state index >= 15 is 0 Å². The summed E-state index contributed by atoms with van der Waals surface area (Å²) in [6.45, 7) is 25.1. The van der Waals surface area contributed by atoms with Crippen molar-refractivity contribution >= 4 is 50.5 Å². The summed E-state index contributed by atoms with van der Waals surface area (Å²) in [5.41, 5.74) is 15.6. The van der Waals surface area contributed by atoms with Crippen molar-refractivity contribution in [3.05, 3.63) is 122 Å². The lowest BCUT2D eigenvalue weighted by atomic mass is 9.97. The predicted octanol–water partition coefficient (Wildman–Crippen LogP) is 4.57. The highest BCUT2D eigenvalue weighted by atomic mass is 28.4. The van der Waals surface area contributed by atoms with Crippen LogP contribution in [0.25, 0.3) is 30.4 Å². The standard InChI is InChI=1S/C34H30N4O4Si/c1-9-23-19(5)27-13-28-21(7)25(11-17(3)41-39)33-16-34-26(12-18(4)42-40)22(8)30-15-32-24(10-2)20(6)29-14-31(23)35(27)43(36(29)32,37(28)33)38(30)34/h9-10,13-16H,1-4,11-12H2,5-8H3/p+2. The lowest BCUT2D eigenvalue weighted by Crippen LogP contribution is -2.78. The molecule has 0 aliphatic carbocycles. The number of hydrogen-bond acceptors (Lipinski definition) is 4. The maximum atomic E-state index is 9.53. The third kappa shape index (κ3) is 2.70. The summed E-state index contributed by atoms with van der Waals surface area (Å²) in [5.74, 6) is 0.556. The van der Waals surface area contributed by atoms with Gasteiger partial charge in [0.2, 0.25) is 11.4 Å². The van der Waals surface area contributed by atoms with Crippen molar-refractivity contribution in [2.75, 3.05) is 0 Å². The quantitative estimate of drug-likeness (QED) is 0.205. The Morgan fingerprint density at radius 1 is 0.744 bits per heavy atom. The molecule has 0 radical (unpaired) electrons. The highest BCUT2D eigenvalue weighted by Crippen LogP contribution is 2.48. The Bertz CT molecular complexity index is 2210. The van der Waals surface area contributed by atoms with E-state index in [0.29, 0.717) is 12.8 Å². The second-order valence-corrected chi connectivity index (χ2v) is 14.9. The Hall–Kier alpha value is -4.70. The molecule has 8 nitrogen and oxygen atoms in total. The van der Waals surface area contributed by atoms with Gasteiger partial charge >= 0.3 is 8.72 Å². The average molecular weight is 589 g/mol. The van der Waals surface area contributed by atoms with Crippen LogP contribution in [0, 0.1) is 13.8 Å². The fourth-order valence-corrected chi connectivity index (χ4v) is 13.6. The summed E-state index contributed by atoms with van der Waals surface area (Å²) in [4.78, 5) is 9.25. The molecule has 6 aliphatic heterocycles. The van der Waals surface area contributed by atoms with Crippen molar-refractivity contribution in [1.82, 2.24) is 8.47 Å². The Morgan fingerprint density at radius 3 is 2.05 bits per heavy atom. The van der Waals surface area contributed by atoms with Crippen LogP contribution in [0.1, 0.15) is 60.3 Å². The molecule has 1 unspecified atom stereocenters. The van der Waals surface area contributed by atoms with Gasteiger partial charge in [-0.05, 0) is 44.9 Å². The molecular weight excluding hydrogens is 556 g/mol. The highest BCUT2D eigenvalue weighted by molar-refractivity contribution is 6.66. The van der Waals surface area contributed by atoms with Gasteiger partial charge in [-0.15, -0.1) is 0 Å². The number of rotatable bonds is 8. The molecule has 2 N–H and O–H groups in total. The Labute approximate surface area is 249 Å². The Balaban J connectivity index is 1.62. The molecule has 8 heterocycles. The summed E-state index contributed by atoms with van der Waals surface area (Å²) in [7, 11) is -3.22. The first-order valence-corrected chi connectivity index (χ1v) is 16.1. The Kier molecular flexibility index (Phi) is 4.97. The van der Waals surface area contributed by atoms with Gasteiger partial charge in [0.25, 0.3) is 0 Å². The van der Waals surface area contributed by atoms with E-state index in [2.05, 4.69) is 105 Å². The van der Waals surface area contributed by atoms with E-state index in [1.807, 2.05) is 12.2 Å². The SMILES string of the molecule is C=Cc1c(C)c2n3c1C=c1c(C)c(C=C)c4n1[Si]31[N+]3=C(C=4)C(C)=C(CC(=C)OO)C3=CC3=[N+]1C(=C2)C(C)=C3CC(=C)OO. The summed E-state index contributed by atoms with van der Waals surface area (Å²) in [5, 5.41) is 21.4. The van der Waals surface area contributed by atoms with Crippen molar-refractivity contribution in [2.45, 2.75) is 40.5 Å². The molecule has 214 valence electrons. The zero-order valence-electron chi connectivity index (χ0n) is 24.7. The smallest absolute Gasteiger partial charge is 0.345 e. The maximum absolute atomic E-state index is 9.53. The van der Waals surface area contributed by atoms with E-state index in [-0.39, 0.29) is 11.5 Å². The number of allylic oxidation sites excluding steroid dienone is 6. The van der Waals surface area contributed by atoms with Gasteiger partial charge < -0.3 is 9.78 Å². The molecule has 2 aromatic rings. The van der Waals surface area contributed by atoms with E-state index in [0.717, 1.165) is 78.3 Å². The van der Waals surface area contributed by atoms with Crippen LogP contribution in [0.5, 0.6) is 0 Å². The minimum absolute atomic E-state index is 0.277. The number of aromatic nitrogens is 2. The van der Waals surface area contributed by atoms with Crippen LogP contribution in [0.3, 0.4) is 0 Å². The van der Waals surface area contributed by atoms with Gasteiger partial charge in [-0.1, -0.05) is 38.5 Å². The molecule has 6 aliphatic rings. The van der Waals surface area contributed by atoms with E-state index in [1.165, 1.54) is 11.1 Å². The minimum atomic E-state index is -3.22. The molecule has 0 saturated heterocycles. The second kappa shape index (κ2) is 8.22. The lowest BCUT2D eigenvalue weighted by molar-refractivity contribution is -0.493. The number of hydrogen-bond donors (Lipinski definition) is 2. The summed E-state index contributed by atoms with van der Waals surface area (Å²) in [6.07, 6.45) is 13.8. The fourth-order valence-electron chi connectivity index (χ4n) is 8.16. The molecule has 2 aromatic heterocycles. The third-order valence-electron chi connectivity index (χ3n) is 10.1. The zero-order valence-corrected chi connectivity index (χ0v) is 25.7. The van der Waals surface area contributed by atoms with Crippen molar-refractivity contribution in [1.29, 1.82) is 0 Å². The normalized spacial score (nSPS) is 21.3. The van der Waals surface area contributed by atoms with Gasteiger partial charge in [0.05, 0.1) is 28.2 Å². The summed E-state index contributed by atoms with van der Waals surface area (Å²) < 4.78 is 10.3. The molecule has 9 heteroatoms. The monoisotopic (exact) mass is 588 g/mol. The first-order chi connectivity index (χ1) is 20.6. The van der Waals surface area contributed by atoms with Crippen LogP contribution in [0.2, 0.25) is 0 Å². The zero-order chi connectivity index (χ0) is 30.3. The average Bonchev–Trinajstić information content (AvgIpc) is 3.64. The molecule has 0 saturated carbocycles. The maximum Gasteiger partial charge on any atom is 0.958 e. The minimum Gasteiger partial charge on any atom is -0.345 e. The van der Waals surface area contributed by atoms with E-state index < -0.39 is 8.72 Å². The van der Waals surface area contributed by atoms with Gasteiger partial charge in [-0.2, -0.15) is 8.48 Å². The van der Waals surface area contributed by atoms with Gasteiger partial charge in [0, 0.05) is 58.4 Å². The molecule has 1 atom stereocenters. The van der Waals surface area contributed by atoms with Crippen LogP contribution >= 0.6 is 0 Å². The Morgan fingerprint density at radius 2 is 1.40 bits per heavy atom. The highest BCUT2D eigenvalue weighted by Gasteiger charge is 2.83. The molecular formula is C34H32N4O4Si+2. The molecule has 43 heavy (non-hydrogen) atoms. The molecule has 0 bridgehead atoms. The molecule has 0 amide bonds. The topological polar surface area (TPSA) is 74.8 Å². The molecule has 0 fully saturated rings. The van der Waals surface area contributed by atoms with Gasteiger partial charge in [0.1, 0.15) is 11.5 Å². The van der Waals surface area contributed by atoms with Crippen LogP contribution in [-0.2, 0) is 9.78 Å². The first-order valence-electron chi connectivity index (χ1n) is 14.3. The van der Waals surface area contributed by atoms with Crippen LogP contribution in [0.4, 0.5) is 0 Å². The lowest BCUT2D eigenvalue weighted by Gasteiger charge is -2.33. The van der Waals surface area contributed by atoms with Crippen LogP contribution in [-0.4, -0.2) is 47.6 Å². The third-order valence-corrected chi connectivity index (χ3v) is 14.4. The van der Waals surface area contributed by atoms with Crippen molar-refractivity contribution in [3.8, 4) is 0 Å². The van der Waals surface area contributed by atoms with Crippen molar-refractivity contribution < 1.29 is 28.8 Å². The molecule has 0 aromatic carbocycles. The van der Waals surface area contributed by atoms with Crippen LogP contribution in [0.15, 0.2) is 77.6 Å². The summed E-state index contributed by atoms with van der Waals surface area (Å²) >= 11 is 0. The van der Waals surface area contributed by atoms with Gasteiger partial charge in [-0.25, -0.2) is 19.0 Å².